The van der Waals surface area contributed by atoms with Gasteiger partial charge in [0.1, 0.15) is 17.6 Å². The van der Waals surface area contributed by atoms with E-state index in [0.717, 1.165) is 11.3 Å². The highest BCUT2D eigenvalue weighted by Crippen LogP contribution is 2.25. The van der Waals surface area contributed by atoms with Crippen LogP contribution in [0.15, 0.2) is 42.7 Å². The highest BCUT2D eigenvalue weighted by molar-refractivity contribution is 5.35. The number of hydrogen-bond donors (Lipinski definition) is 1. The van der Waals surface area contributed by atoms with E-state index in [0.29, 0.717) is 11.3 Å². The second-order valence-electron chi connectivity index (χ2n) is 3.83. The Labute approximate surface area is 106 Å². The minimum absolute atomic E-state index is 0.625. The number of benzene rings is 1. The fourth-order valence-corrected chi connectivity index (χ4v) is 1.68. The van der Waals surface area contributed by atoms with Crippen molar-refractivity contribution < 1.29 is 14.6 Å². The average molecular weight is 245 g/mol. The van der Waals surface area contributed by atoms with Crippen molar-refractivity contribution in [1.82, 2.24) is 4.98 Å². The molecular weight excluding hydrogens is 230 g/mol. The Morgan fingerprint density at radius 1 is 0.944 bits per heavy atom. The summed E-state index contributed by atoms with van der Waals surface area (Å²) in [6, 6.07) is 9.03. The summed E-state index contributed by atoms with van der Waals surface area (Å²) in [7, 11) is 3.18. The molecule has 0 fully saturated rings. The number of pyridine rings is 1. The third kappa shape index (κ3) is 2.60. The van der Waals surface area contributed by atoms with E-state index >= 15 is 0 Å². The first-order chi connectivity index (χ1) is 8.74. The topological polar surface area (TPSA) is 51.6 Å². The lowest BCUT2D eigenvalue weighted by Gasteiger charge is -2.12. The van der Waals surface area contributed by atoms with Crippen LogP contribution in [0.1, 0.15) is 17.2 Å². The molecule has 1 unspecified atom stereocenters. The molecule has 4 heteroatoms. The van der Waals surface area contributed by atoms with E-state index in [1.165, 1.54) is 0 Å². The first-order valence-corrected chi connectivity index (χ1v) is 5.55. The maximum absolute atomic E-state index is 10.2. The molecule has 2 rings (SSSR count). The van der Waals surface area contributed by atoms with Gasteiger partial charge in [0, 0.05) is 11.8 Å². The van der Waals surface area contributed by atoms with E-state index in [1.54, 1.807) is 32.7 Å². The zero-order valence-electron chi connectivity index (χ0n) is 10.3. The Morgan fingerprint density at radius 2 is 1.61 bits per heavy atom. The number of aliphatic hydroxyl groups is 1. The van der Waals surface area contributed by atoms with Crippen LogP contribution in [0, 0.1) is 0 Å². The fourth-order valence-electron chi connectivity index (χ4n) is 1.68. The summed E-state index contributed by atoms with van der Waals surface area (Å²) in [4.78, 5) is 4.03. The monoisotopic (exact) mass is 245 g/mol. The second kappa shape index (κ2) is 5.51. The molecule has 0 aliphatic rings. The molecule has 1 heterocycles. The molecule has 0 bridgehead atoms. The van der Waals surface area contributed by atoms with Gasteiger partial charge in [0.15, 0.2) is 0 Å². The van der Waals surface area contributed by atoms with Crippen LogP contribution < -0.4 is 9.47 Å². The summed E-state index contributed by atoms with van der Waals surface area (Å²) in [6.45, 7) is 0. The number of methoxy groups -OCH3 is 2. The van der Waals surface area contributed by atoms with Crippen LogP contribution in [0.3, 0.4) is 0 Å². The number of nitrogens with zero attached hydrogens (tertiary/aromatic N) is 1. The molecule has 4 nitrogen and oxygen atoms in total. The summed E-state index contributed by atoms with van der Waals surface area (Å²) >= 11 is 0. The average Bonchev–Trinajstić information content (AvgIpc) is 2.46. The molecule has 1 aromatic carbocycles. The van der Waals surface area contributed by atoms with E-state index in [-0.39, 0.29) is 0 Å². The van der Waals surface area contributed by atoms with Crippen molar-refractivity contribution >= 4 is 0 Å². The first kappa shape index (κ1) is 12.4. The molecule has 0 radical (unpaired) electrons. The van der Waals surface area contributed by atoms with Gasteiger partial charge in [-0.1, -0.05) is 12.1 Å². The van der Waals surface area contributed by atoms with E-state index in [1.807, 2.05) is 24.3 Å². The molecule has 1 atom stereocenters. The molecule has 1 aromatic heterocycles. The lowest BCUT2D eigenvalue weighted by atomic mass is 10.0. The van der Waals surface area contributed by atoms with Gasteiger partial charge >= 0.3 is 0 Å². The summed E-state index contributed by atoms with van der Waals surface area (Å²) in [5, 5.41) is 10.2. The summed E-state index contributed by atoms with van der Waals surface area (Å²) in [6.07, 6.45) is 2.50. The molecule has 2 aromatic rings. The number of aliphatic hydroxyl groups excluding tert-OH is 1. The molecule has 0 aliphatic carbocycles. The Balaban J connectivity index is 2.25. The lowest BCUT2D eigenvalue weighted by Crippen LogP contribution is -2.00. The smallest absolute Gasteiger partial charge is 0.137 e. The third-order valence-electron chi connectivity index (χ3n) is 2.72. The van der Waals surface area contributed by atoms with E-state index in [4.69, 9.17) is 9.47 Å². The number of rotatable bonds is 4. The highest BCUT2D eigenvalue weighted by Gasteiger charge is 2.11. The predicted molar refractivity (Wildman–Crippen MR) is 67.8 cm³/mol. The molecule has 0 saturated heterocycles. The Kier molecular flexibility index (Phi) is 3.79. The lowest BCUT2D eigenvalue weighted by molar-refractivity contribution is 0.219. The van der Waals surface area contributed by atoms with Crippen LogP contribution in [0.25, 0.3) is 0 Å². The first-order valence-electron chi connectivity index (χ1n) is 5.55. The van der Waals surface area contributed by atoms with Gasteiger partial charge in [-0.2, -0.15) is 0 Å². The Morgan fingerprint density at radius 3 is 2.22 bits per heavy atom. The van der Waals surface area contributed by atoms with Crippen LogP contribution in [0.4, 0.5) is 0 Å². The van der Waals surface area contributed by atoms with Gasteiger partial charge < -0.3 is 14.6 Å². The van der Waals surface area contributed by atoms with Crippen molar-refractivity contribution in [3.63, 3.8) is 0 Å². The minimum atomic E-state index is -0.724. The normalized spacial score (nSPS) is 11.9. The highest BCUT2D eigenvalue weighted by atomic mass is 16.5. The zero-order valence-corrected chi connectivity index (χ0v) is 10.3. The van der Waals surface area contributed by atoms with Crippen molar-refractivity contribution in [3.05, 3.63) is 53.9 Å². The van der Waals surface area contributed by atoms with Crippen molar-refractivity contribution in [2.75, 3.05) is 14.2 Å². The Hall–Kier alpha value is -2.07. The molecular formula is C14H15NO3. The van der Waals surface area contributed by atoms with Gasteiger partial charge in [0.2, 0.25) is 0 Å². The second-order valence-corrected chi connectivity index (χ2v) is 3.83. The predicted octanol–water partition coefficient (Wildman–Crippen LogP) is 2.18. The molecule has 94 valence electrons. The van der Waals surface area contributed by atoms with Crippen LogP contribution in [0.2, 0.25) is 0 Å². The number of ether oxygens (including phenoxy) is 2. The van der Waals surface area contributed by atoms with Crippen molar-refractivity contribution in [2.45, 2.75) is 6.10 Å². The maximum Gasteiger partial charge on any atom is 0.137 e. The maximum atomic E-state index is 10.2. The van der Waals surface area contributed by atoms with Crippen LogP contribution in [0.5, 0.6) is 11.5 Å². The molecule has 0 amide bonds. The quantitative estimate of drug-likeness (QED) is 0.897. The van der Waals surface area contributed by atoms with Gasteiger partial charge in [-0.15, -0.1) is 0 Å². The van der Waals surface area contributed by atoms with E-state index < -0.39 is 6.10 Å². The Bertz CT molecular complexity index is 511. The van der Waals surface area contributed by atoms with Gasteiger partial charge in [0.05, 0.1) is 20.4 Å². The number of aromatic nitrogens is 1. The van der Waals surface area contributed by atoms with Gasteiger partial charge in [-0.25, -0.2) is 0 Å². The van der Waals surface area contributed by atoms with Gasteiger partial charge in [-0.05, 0) is 23.8 Å². The van der Waals surface area contributed by atoms with Crippen molar-refractivity contribution in [2.24, 2.45) is 0 Å². The summed E-state index contributed by atoms with van der Waals surface area (Å²) in [5.41, 5.74) is 1.48. The van der Waals surface area contributed by atoms with Crippen LogP contribution in [-0.4, -0.2) is 24.3 Å². The van der Waals surface area contributed by atoms with Gasteiger partial charge in [0.25, 0.3) is 0 Å². The summed E-state index contributed by atoms with van der Waals surface area (Å²) < 4.78 is 10.2. The molecule has 0 spiro atoms. The number of hydrogen-bond acceptors (Lipinski definition) is 4. The van der Waals surface area contributed by atoms with E-state index in [9.17, 15) is 5.11 Å². The minimum Gasteiger partial charge on any atom is -0.497 e. The van der Waals surface area contributed by atoms with Crippen molar-refractivity contribution in [1.29, 1.82) is 0 Å². The van der Waals surface area contributed by atoms with Crippen LogP contribution in [-0.2, 0) is 0 Å². The molecule has 18 heavy (non-hydrogen) atoms. The molecule has 0 saturated carbocycles. The van der Waals surface area contributed by atoms with Crippen LogP contribution >= 0.6 is 0 Å². The zero-order chi connectivity index (χ0) is 13.0. The van der Waals surface area contributed by atoms with Crippen molar-refractivity contribution in [3.8, 4) is 11.5 Å². The third-order valence-corrected chi connectivity index (χ3v) is 2.72. The van der Waals surface area contributed by atoms with Gasteiger partial charge in [-0.3, -0.25) is 4.98 Å². The molecule has 0 aliphatic heterocycles. The largest absolute Gasteiger partial charge is 0.497 e. The SMILES string of the molecule is COc1ccc(C(O)c2cncc(OC)c2)cc1. The fraction of sp³-hybridized carbons (Fsp3) is 0.214. The van der Waals surface area contributed by atoms with E-state index in [2.05, 4.69) is 4.98 Å². The standard InChI is InChI=1S/C14H15NO3/c1-17-12-5-3-10(4-6-12)14(16)11-7-13(18-2)9-15-8-11/h3-9,14,16H,1-2H3. The summed E-state index contributed by atoms with van der Waals surface area (Å²) in [5.74, 6) is 1.38. The molecule has 1 N–H and O–H groups in total.